The first kappa shape index (κ1) is 16.3. The highest BCUT2D eigenvalue weighted by Gasteiger charge is 2.52. The largest absolute Gasteiger partial charge is 0.455 e. The van der Waals surface area contributed by atoms with Gasteiger partial charge in [0, 0.05) is 18.2 Å². The third-order valence-corrected chi connectivity index (χ3v) is 4.67. The molecule has 1 N–H and O–H groups in total. The van der Waals surface area contributed by atoms with Crippen molar-refractivity contribution in [2.45, 2.75) is 37.2 Å². The van der Waals surface area contributed by atoms with Gasteiger partial charge in [0.25, 0.3) is 5.91 Å². The van der Waals surface area contributed by atoms with Crippen LogP contribution in [0.25, 0.3) is 0 Å². The highest BCUT2D eigenvalue weighted by atomic mass is 35.5. The summed E-state index contributed by atoms with van der Waals surface area (Å²) in [5.41, 5.74) is 0.297. The number of carbonyl (C=O) groups is 2. The maximum Gasteiger partial charge on any atom is 0.317 e. The molecule has 1 amide bonds. The van der Waals surface area contributed by atoms with Gasteiger partial charge in [-0.15, -0.1) is 0 Å². The summed E-state index contributed by atoms with van der Waals surface area (Å²) in [6.07, 6.45) is 3.55. The van der Waals surface area contributed by atoms with E-state index in [4.69, 9.17) is 21.1 Å². The maximum atomic E-state index is 12.3. The second-order valence-electron chi connectivity index (χ2n) is 6.10. The summed E-state index contributed by atoms with van der Waals surface area (Å²) in [4.78, 5) is 24.1. The van der Waals surface area contributed by atoms with Gasteiger partial charge in [0.1, 0.15) is 0 Å². The Balaban J connectivity index is 1.47. The number of halogens is 1. The van der Waals surface area contributed by atoms with Gasteiger partial charge in [0.2, 0.25) is 0 Å². The van der Waals surface area contributed by atoms with Crippen LogP contribution in [-0.2, 0) is 24.5 Å². The van der Waals surface area contributed by atoms with Crippen molar-refractivity contribution >= 4 is 23.5 Å². The standard InChI is InChI=1S/C17H20ClNO4/c18-13-5-3-12(4-6-13)17(7-8-17)16(21)23-11-15(20)19-10-14-2-1-9-22-14/h3-6,14H,1-2,7-11H2,(H,19,20)/t14-/m1/s1. The number of amides is 1. The highest BCUT2D eigenvalue weighted by molar-refractivity contribution is 6.30. The Kier molecular flexibility index (Phi) is 4.87. The number of hydrogen-bond acceptors (Lipinski definition) is 4. The summed E-state index contributed by atoms with van der Waals surface area (Å²) in [6.45, 7) is 0.971. The van der Waals surface area contributed by atoms with Gasteiger partial charge in [-0.3, -0.25) is 9.59 Å². The summed E-state index contributed by atoms with van der Waals surface area (Å²) in [6, 6.07) is 7.21. The Morgan fingerprint density at radius 2 is 2.04 bits per heavy atom. The monoisotopic (exact) mass is 337 g/mol. The van der Waals surface area contributed by atoms with Crippen LogP contribution in [0.4, 0.5) is 0 Å². The molecule has 2 fully saturated rings. The molecule has 0 radical (unpaired) electrons. The van der Waals surface area contributed by atoms with Crippen molar-refractivity contribution in [1.29, 1.82) is 0 Å². The minimum Gasteiger partial charge on any atom is -0.455 e. The lowest BCUT2D eigenvalue weighted by atomic mass is 9.96. The number of ether oxygens (including phenoxy) is 2. The average Bonchev–Trinajstić information content (AvgIpc) is 3.20. The molecule has 1 aromatic carbocycles. The maximum absolute atomic E-state index is 12.3. The SMILES string of the molecule is O=C(COC(=O)C1(c2ccc(Cl)cc2)CC1)NC[C@H]1CCCO1. The van der Waals surface area contributed by atoms with Gasteiger partial charge in [0.05, 0.1) is 11.5 Å². The first-order chi connectivity index (χ1) is 11.1. The van der Waals surface area contributed by atoms with E-state index < -0.39 is 5.41 Å². The van der Waals surface area contributed by atoms with Gasteiger partial charge in [-0.1, -0.05) is 23.7 Å². The first-order valence-corrected chi connectivity index (χ1v) is 8.29. The Hall–Kier alpha value is -1.59. The lowest BCUT2D eigenvalue weighted by molar-refractivity contribution is -0.151. The molecule has 1 heterocycles. The van der Waals surface area contributed by atoms with Crippen LogP contribution in [0.5, 0.6) is 0 Å². The van der Waals surface area contributed by atoms with Gasteiger partial charge >= 0.3 is 5.97 Å². The minimum absolute atomic E-state index is 0.0819. The van der Waals surface area contributed by atoms with E-state index in [9.17, 15) is 9.59 Å². The van der Waals surface area contributed by atoms with Crippen molar-refractivity contribution in [3.63, 3.8) is 0 Å². The molecule has 0 bridgehead atoms. The molecule has 2 aliphatic rings. The second-order valence-corrected chi connectivity index (χ2v) is 6.54. The van der Waals surface area contributed by atoms with Crippen molar-refractivity contribution in [2.24, 2.45) is 0 Å². The van der Waals surface area contributed by atoms with E-state index in [1.807, 2.05) is 12.1 Å². The van der Waals surface area contributed by atoms with Crippen LogP contribution in [0.1, 0.15) is 31.2 Å². The topological polar surface area (TPSA) is 64.6 Å². The van der Waals surface area contributed by atoms with Crippen molar-refractivity contribution in [3.05, 3.63) is 34.9 Å². The van der Waals surface area contributed by atoms with E-state index in [0.717, 1.165) is 37.9 Å². The Labute approximate surface area is 140 Å². The van der Waals surface area contributed by atoms with Crippen LogP contribution >= 0.6 is 11.6 Å². The van der Waals surface area contributed by atoms with Gasteiger partial charge < -0.3 is 14.8 Å². The van der Waals surface area contributed by atoms with Crippen molar-refractivity contribution in [2.75, 3.05) is 19.8 Å². The molecular weight excluding hydrogens is 318 g/mol. The van der Waals surface area contributed by atoms with Crippen molar-refractivity contribution in [1.82, 2.24) is 5.32 Å². The molecule has 124 valence electrons. The van der Waals surface area contributed by atoms with Crippen LogP contribution < -0.4 is 5.32 Å². The van der Waals surface area contributed by atoms with Gasteiger partial charge in [-0.05, 0) is 43.4 Å². The number of carbonyl (C=O) groups excluding carboxylic acids is 2. The van der Waals surface area contributed by atoms with Crippen LogP contribution in [0.15, 0.2) is 24.3 Å². The van der Waals surface area contributed by atoms with E-state index in [1.165, 1.54) is 0 Å². The van der Waals surface area contributed by atoms with E-state index >= 15 is 0 Å². The van der Waals surface area contributed by atoms with Gasteiger partial charge in [-0.2, -0.15) is 0 Å². The molecule has 1 saturated heterocycles. The van der Waals surface area contributed by atoms with Crippen LogP contribution in [0.3, 0.4) is 0 Å². The van der Waals surface area contributed by atoms with E-state index in [2.05, 4.69) is 5.32 Å². The first-order valence-electron chi connectivity index (χ1n) is 7.92. The quantitative estimate of drug-likeness (QED) is 0.808. The lowest BCUT2D eigenvalue weighted by Crippen LogP contribution is -2.36. The van der Waals surface area contributed by atoms with E-state index in [1.54, 1.807) is 12.1 Å². The molecule has 1 atom stereocenters. The molecule has 1 aliphatic carbocycles. The smallest absolute Gasteiger partial charge is 0.317 e. The van der Waals surface area contributed by atoms with E-state index in [-0.39, 0.29) is 24.6 Å². The molecule has 23 heavy (non-hydrogen) atoms. The highest BCUT2D eigenvalue weighted by Crippen LogP contribution is 2.49. The third kappa shape index (κ3) is 3.85. The third-order valence-electron chi connectivity index (χ3n) is 4.42. The molecular formula is C17H20ClNO4. The molecule has 6 heteroatoms. The number of hydrogen-bond donors (Lipinski definition) is 1. The molecule has 0 spiro atoms. The molecule has 0 aromatic heterocycles. The summed E-state index contributed by atoms with van der Waals surface area (Å²) >= 11 is 5.87. The summed E-state index contributed by atoms with van der Waals surface area (Å²) < 4.78 is 10.6. The lowest BCUT2D eigenvalue weighted by Gasteiger charge is -2.15. The minimum atomic E-state index is -0.598. The molecule has 1 saturated carbocycles. The number of nitrogens with one attached hydrogen (secondary N) is 1. The Bertz CT molecular complexity index is 577. The predicted octanol–water partition coefficient (Wildman–Crippen LogP) is 2.21. The summed E-state index contributed by atoms with van der Waals surface area (Å²) in [5.74, 6) is -0.632. The number of rotatable bonds is 6. The van der Waals surface area contributed by atoms with Crippen molar-refractivity contribution in [3.8, 4) is 0 Å². The average molecular weight is 338 g/mol. The van der Waals surface area contributed by atoms with E-state index in [0.29, 0.717) is 11.6 Å². The zero-order valence-electron chi connectivity index (χ0n) is 12.8. The van der Waals surface area contributed by atoms with Crippen LogP contribution in [-0.4, -0.2) is 37.7 Å². The normalized spacial score (nSPS) is 21.7. The Morgan fingerprint density at radius 1 is 1.30 bits per heavy atom. The second kappa shape index (κ2) is 6.89. The molecule has 1 aliphatic heterocycles. The van der Waals surface area contributed by atoms with Gasteiger partial charge in [-0.25, -0.2) is 0 Å². The molecule has 5 nitrogen and oxygen atoms in total. The molecule has 3 rings (SSSR count). The summed E-state index contributed by atoms with van der Waals surface area (Å²) in [5, 5.41) is 3.37. The molecule has 1 aromatic rings. The number of benzene rings is 1. The molecule has 0 unspecified atom stereocenters. The zero-order chi connectivity index (χ0) is 16.3. The van der Waals surface area contributed by atoms with Gasteiger partial charge in [0.15, 0.2) is 6.61 Å². The van der Waals surface area contributed by atoms with Crippen molar-refractivity contribution < 1.29 is 19.1 Å². The summed E-state index contributed by atoms with van der Waals surface area (Å²) in [7, 11) is 0. The zero-order valence-corrected chi connectivity index (χ0v) is 13.6. The Morgan fingerprint density at radius 3 is 2.65 bits per heavy atom. The fraction of sp³-hybridized carbons (Fsp3) is 0.529. The van der Waals surface area contributed by atoms with Crippen LogP contribution in [0, 0.1) is 0 Å². The van der Waals surface area contributed by atoms with Crippen LogP contribution in [0.2, 0.25) is 5.02 Å². The fourth-order valence-electron chi connectivity index (χ4n) is 2.86. The fourth-order valence-corrected chi connectivity index (χ4v) is 2.98. The number of esters is 1. The predicted molar refractivity (Wildman–Crippen MR) is 85.3 cm³/mol.